The van der Waals surface area contributed by atoms with Crippen LogP contribution in [0, 0.1) is 13.8 Å². The lowest BCUT2D eigenvalue weighted by Crippen LogP contribution is -2.06. The Morgan fingerprint density at radius 3 is 2.42 bits per heavy atom. The molecule has 100 valence electrons. The number of benzene rings is 2. The zero-order valence-electron chi connectivity index (χ0n) is 11.4. The molecule has 1 unspecified atom stereocenters. The van der Waals surface area contributed by atoms with E-state index in [1.54, 1.807) is 11.8 Å². The highest BCUT2D eigenvalue weighted by Crippen LogP contribution is 2.35. The van der Waals surface area contributed by atoms with Crippen LogP contribution in [0.3, 0.4) is 0 Å². The van der Waals surface area contributed by atoms with Gasteiger partial charge in [-0.2, -0.15) is 0 Å². The molecule has 2 aromatic rings. The molecule has 0 aliphatic rings. The fraction of sp³-hybridized carbons (Fsp3) is 0.250. The quantitative estimate of drug-likeness (QED) is 0.830. The van der Waals surface area contributed by atoms with Crippen molar-refractivity contribution in [3.8, 4) is 0 Å². The van der Waals surface area contributed by atoms with Crippen LogP contribution in [0.25, 0.3) is 0 Å². The Kier molecular flexibility index (Phi) is 4.71. The zero-order chi connectivity index (χ0) is 14.0. The minimum absolute atomic E-state index is 0.0338. The standard InChI is InChI=1S/C16H18BrNS/c1-10-4-6-14(8-11(10)2)19-16-7-5-13(17)9-15(16)12(3)18/h4-9,12H,18H2,1-3H3. The highest BCUT2D eigenvalue weighted by Gasteiger charge is 2.09. The van der Waals surface area contributed by atoms with E-state index in [0.717, 1.165) is 4.47 Å². The van der Waals surface area contributed by atoms with Crippen molar-refractivity contribution in [3.05, 3.63) is 57.6 Å². The van der Waals surface area contributed by atoms with Crippen molar-refractivity contribution in [1.82, 2.24) is 0 Å². The van der Waals surface area contributed by atoms with Gasteiger partial charge in [0.05, 0.1) is 0 Å². The summed E-state index contributed by atoms with van der Waals surface area (Å²) >= 11 is 5.28. The lowest BCUT2D eigenvalue weighted by molar-refractivity contribution is 0.796. The summed E-state index contributed by atoms with van der Waals surface area (Å²) in [5.41, 5.74) is 9.89. The molecule has 2 aromatic carbocycles. The predicted octanol–water partition coefficient (Wildman–Crippen LogP) is 5.24. The Hall–Kier alpha value is -0.770. The molecule has 0 saturated heterocycles. The maximum absolute atomic E-state index is 6.06. The van der Waals surface area contributed by atoms with Gasteiger partial charge < -0.3 is 5.73 Å². The van der Waals surface area contributed by atoms with Gasteiger partial charge in [-0.15, -0.1) is 0 Å². The van der Waals surface area contributed by atoms with Crippen LogP contribution in [0.2, 0.25) is 0 Å². The smallest absolute Gasteiger partial charge is 0.0277 e. The number of hydrogen-bond acceptors (Lipinski definition) is 2. The van der Waals surface area contributed by atoms with E-state index in [1.807, 2.05) is 6.92 Å². The lowest BCUT2D eigenvalue weighted by atomic mass is 10.1. The molecular weight excluding hydrogens is 318 g/mol. The van der Waals surface area contributed by atoms with Crippen molar-refractivity contribution in [2.24, 2.45) is 5.73 Å². The normalized spacial score (nSPS) is 12.5. The molecule has 3 heteroatoms. The van der Waals surface area contributed by atoms with E-state index >= 15 is 0 Å². The van der Waals surface area contributed by atoms with E-state index < -0.39 is 0 Å². The molecule has 19 heavy (non-hydrogen) atoms. The molecule has 1 atom stereocenters. The van der Waals surface area contributed by atoms with Gasteiger partial charge >= 0.3 is 0 Å². The first-order chi connectivity index (χ1) is 8.97. The molecule has 0 saturated carbocycles. The number of nitrogens with two attached hydrogens (primary N) is 1. The van der Waals surface area contributed by atoms with Crippen LogP contribution in [0.5, 0.6) is 0 Å². The highest BCUT2D eigenvalue weighted by molar-refractivity contribution is 9.10. The van der Waals surface area contributed by atoms with Gasteiger partial charge in [0.2, 0.25) is 0 Å². The third-order valence-corrected chi connectivity index (χ3v) is 4.74. The van der Waals surface area contributed by atoms with Crippen molar-refractivity contribution in [2.45, 2.75) is 36.6 Å². The fourth-order valence-corrected chi connectivity index (χ4v) is 3.38. The Morgan fingerprint density at radius 2 is 1.79 bits per heavy atom. The second-order valence-electron chi connectivity index (χ2n) is 4.82. The van der Waals surface area contributed by atoms with Crippen LogP contribution in [0.15, 0.2) is 50.7 Å². The van der Waals surface area contributed by atoms with Crippen molar-refractivity contribution < 1.29 is 0 Å². The van der Waals surface area contributed by atoms with E-state index in [4.69, 9.17) is 5.73 Å². The molecule has 0 bridgehead atoms. The maximum atomic E-state index is 6.06. The highest BCUT2D eigenvalue weighted by atomic mass is 79.9. The second kappa shape index (κ2) is 6.12. The van der Waals surface area contributed by atoms with Gasteiger partial charge in [0.1, 0.15) is 0 Å². The summed E-state index contributed by atoms with van der Waals surface area (Å²) in [6, 6.07) is 12.9. The van der Waals surface area contributed by atoms with Crippen molar-refractivity contribution in [2.75, 3.05) is 0 Å². The van der Waals surface area contributed by atoms with Crippen LogP contribution < -0.4 is 5.73 Å². The SMILES string of the molecule is Cc1ccc(Sc2ccc(Br)cc2C(C)N)cc1C. The first kappa shape index (κ1) is 14.6. The first-order valence-electron chi connectivity index (χ1n) is 6.27. The molecule has 0 radical (unpaired) electrons. The van der Waals surface area contributed by atoms with E-state index in [2.05, 4.69) is 66.2 Å². The summed E-state index contributed by atoms with van der Waals surface area (Å²) in [4.78, 5) is 2.48. The third-order valence-electron chi connectivity index (χ3n) is 3.17. The minimum atomic E-state index is 0.0338. The van der Waals surface area contributed by atoms with Crippen LogP contribution in [-0.2, 0) is 0 Å². The van der Waals surface area contributed by atoms with Gasteiger partial charge in [0.15, 0.2) is 0 Å². The summed E-state index contributed by atoms with van der Waals surface area (Å²) in [6.45, 7) is 6.30. The first-order valence-corrected chi connectivity index (χ1v) is 7.88. The van der Waals surface area contributed by atoms with Crippen LogP contribution in [0.4, 0.5) is 0 Å². The molecule has 0 heterocycles. The monoisotopic (exact) mass is 335 g/mol. The molecule has 0 spiro atoms. The Morgan fingerprint density at radius 1 is 1.05 bits per heavy atom. The third kappa shape index (κ3) is 3.62. The van der Waals surface area contributed by atoms with Gasteiger partial charge in [-0.3, -0.25) is 0 Å². The number of rotatable bonds is 3. The second-order valence-corrected chi connectivity index (χ2v) is 6.85. The molecule has 0 aromatic heterocycles. The molecule has 0 aliphatic carbocycles. The Bertz CT molecular complexity index is 593. The Labute approximate surface area is 127 Å². The summed E-state index contributed by atoms with van der Waals surface area (Å²) in [5.74, 6) is 0. The molecule has 0 fully saturated rings. The average molecular weight is 336 g/mol. The lowest BCUT2D eigenvalue weighted by Gasteiger charge is -2.13. The molecule has 0 amide bonds. The fourth-order valence-electron chi connectivity index (χ4n) is 1.87. The number of aryl methyl sites for hydroxylation is 2. The predicted molar refractivity (Wildman–Crippen MR) is 86.8 cm³/mol. The maximum Gasteiger partial charge on any atom is 0.0277 e. The van der Waals surface area contributed by atoms with Gasteiger partial charge in [0.25, 0.3) is 0 Å². The summed E-state index contributed by atoms with van der Waals surface area (Å²) < 4.78 is 1.07. The van der Waals surface area contributed by atoms with Crippen molar-refractivity contribution >= 4 is 27.7 Å². The molecule has 1 nitrogen and oxygen atoms in total. The molecule has 2 N–H and O–H groups in total. The van der Waals surface area contributed by atoms with Gasteiger partial charge in [-0.1, -0.05) is 33.8 Å². The van der Waals surface area contributed by atoms with E-state index in [0.29, 0.717) is 0 Å². The van der Waals surface area contributed by atoms with Crippen molar-refractivity contribution in [3.63, 3.8) is 0 Å². The Balaban J connectivity index is 2.35. The summed E-state index contributed by atoms with van der Waals surface area (Å²) in [6.07, 6.45) is 0. The summed E-state index contributed by atoms with van der Waals surface area (Å²) in [7, 11) is 0. The van der Waals surface area contributed by atoms with Gasteiger partial charge in [-0.25, -0.2) is 0 Å². The summed E-state index contributed by atoms with van der Waals surface area (Å²) in [5, 5.41) is 0. The van der Waals surface area contributed by atoms with Crippen LogP contribution in [-0.4, -0.2) is 0 Å². The molecular formula is C16H18BrNS. The molecule has 0 aliphatic heterocycles. The largest absolute Gasteiger partial charge is 0.324 e. The van der Waals surface area contributed by atoms with E-state index in [-0.39, 0.29) is 6.04 Å². The van der Waals surface area contributed by atoms with Crippen LogP contribution >= 0.6 is 27.7 Å². The van der Waals surface area contributed by atoms with Gasteiger partial charge in [-0.05, 0) is 67.8 Å². The minimum Gasteiger partial charge on any atom is -0.324 e. The number of halogens is 1. The van der Waals surface area contributed by atoms with E-state index in [1.165, 1.54) is 26.5 Å². The molecule has 2 rings (SSSR count). The van der Waals surface area contributed by atoms with Gasteiger partial charge in [0, 0.05) is 20.3 Å². The zero-order valence-corrected chi connectivity index (χ0v) is 13.8. The van der Waals surface area contributed by atoms with Crippen LogP contribution in [0.1, 0.15) is 29.7 Å². The van der Waals surface area contributed by atoms with Crippen molar-refractivity contribution in [1.29, 1.82) is 0 Å². The topological polar surface area (TPSA) is 26.0 Å². The average Bonchev–Trinajstić information content (AvgIpc) is 2.36. The van der Waals surface area contributed by atoms with E-state index in [9.17, 15) is 0 Å². The number of hydrogen-bond donors (Lipinski definition) is 1.